The molecule has 0 fully saturated rings. The van der Waals surface area contributed by atoms with Crippen LogP contribution in [0.3, 0.4) is 0 Å². The van der Waals surface area contributed by atoms with Crippen molar-refractivity contribution < 1.29 is 4.79 Å². The molecule has 0 saturated heterocycles. The second kappa shape index (κ2) is 6.46. The molecule has 3 aromatic heterocycles. The molecule has 136 valence electrons. The largest absolute Gasteiger partial charge is 0.358 e. The number of fused-ring (bicyclic) bond motifs is 4. The molecule has 0 spiro atoms. The summed E-state index contributed by atoms with van der Waals surface area (Å²) in [5.41, 5.74) is 4.16. The summed E-state index contributed by atoms with van der Waals surface area (Å²) in [6, 6.07) is 7.98. The second-order valence-electron chi connectivity index (χ2n) is 7.00. The van der Waals surface area contributed by atoms with Gasteiger partial charge in [0.1, 0.15) is 15.7 Å². The molecule has 0 unspecified atom stereocenters. The zero-order valence-electron chi connectivity index (χ0n) is 15.3. The Bertz CT molecular complexity index is 1210. The van der Waals surface area contributed by atoms with Gasteiger partial charge >= 0.3 is 0 Å². The number of carbonyl (C=O) groups is 1. The van der Waals surface area contributed by atoms with Crippen LogP contribution in [-0.2, 0) is 12.8 Å². The highest BCUT2D eigenvalue weighted by molar-refractivity contribution is 8.00. The normalized spacial score (nSPS) is 13.6. The standard InChI is InChI=1S/C21H19N3OS2/c1-11-18(13-6-3-4-8-15(13)22-11)16(25)10-26-20-19-14-7-5-9-17(14)27-21(19)24-12(2)23-20/h3-4,6,8,22H,5,7,9-10H2,1-2H3. The lowest BCUT2D eigenvalue weighted by Crippen LogP contribution is -2.04. The van der Waals surface area contributed by atoms with Crippen LogP contribution in [-0.4, -0.2) is 26.5 Å². The molecule has 27 heavy (non-hydrogen) atoms. The smallest absolute Gasteiger partial charge is 0.175 e. The monoisotopic (exact) mass is 393 g/mol. The molecular formula is C21H19N3OS2. The van der Waals surface area contributed by atoms with Crippen LogP contribution in [0.2, 0.25) is 0 Å². The van der Waals surface area contributed by atoms with Gasteiger partial charge in [0.05, 0.1) is 5.75 Å². The fraction of sp³-hybridized carbons (Fsp3) is 0.286. The molecule has 1 N–H and O–H groups in total. The summed E-state index contributed by atoms with van der Waals surface area (Å²) in [7, 11) is 0. The van der Waals surface area contributed by atoms with Gasteiger partial charge in [-0.2, -0.15) is 0 Å². The van der Waals surface area contributed by atoms with E-state index in [1.54, 1.807) is 23.1 Å². The van der Waals surface area contributed by atoms with Crippen LogP contribution in [0.4, 0.5) is 0 Å². The van der Waals surface area contributed by atoms with Crippen molar-refractivity contribution in [2.45, 2.75) is 38.1 Å². The molecular weight excluding hydrogens is 374 g/mol. The molecule has 0 amide bonds. The molecule has 0 aliphatic heterocycles. The fourth-order valence-corrected chi connectivity index (χ4v) is 6.35. The number of aromatic amines is 1. The first-order valence-electron chi connectivity index (χ1n) is 9.14. The van der Waals surface area contributed by atoms with E-state index in [1.807, 2.05) is 38.1 Å². The van der Waals surface area contributed by atoms with Gasteiger partial charge < -0.3 is 4.98 Å². The van der Waals surface area contributed by atoms with E-state index >= 15 is 0 Å². The van der Waals surface area contributed by atoms with E-state index in [2.05, 4.69) is 15.0 Å². The highest BCUT2D eigenvalue weighted by Gasteiger charge is 2.23. The maximum atomic E-state index is 13.0. The molecule has 0 atom stereocenters. The Morgan fingerprint density at radius 1 is 1.22 bits per heavy atom. The Hall–Kier alpha value is -2.18. The second-order valence-corrected chi connectivity index (χ2v) is 9.04. The number of nitrogens with one attached hydrogen (secondary N) is 1. The molecule has 4 aromatic rings. The highest BCUT2D eigenvalue weighted by Crippen LogP contribution is 2.40. The van der Waals surface area contributed by atoms with Gasteiger partial charge in [0.25, 0.3) is 0 Å². The molecule has 1 aromatic carbocycles. The number of thioether (sulfide) groups is 1. The van der Waals surface area contributed by atoms with E-state index in [9.17, 15) is 4.79 Å². The van der Waals surface area contributed by atoms with Crippen molar-refractivity contribution in [3.8, 4) is 0 Å². The number of aromatic nitrogens is 3. The Labute approximate surface area is 165 Å². The van der Waals surface area contributed by atoms with Crippen LogP contribution < -0.4 is 0 Å². The number of thiophene rings is 1. The third-order valence-corrected chi connectivity index (χ3v) is 7.32. The van der Waals surface area contributed by atoms with Gasteiger partial charge in [-0.05, 0) is 44.7 Å². The highest BCUT2D eigenvalue weighted by atomic mass is 32.2. The number of Topliss-reactive ketones (excluding diaryl/α,β-unsaturated/α-hetero) is 1. The van der Waals surface area contributed by atoms with Crippen molar-refractivity contribution in [3.05, 3.63) is 51.8 Å². The molecule has 0 bridgehead atoms. The van der Waals surface area contributed by atoms with Gasteiger partial charge in [0.2, 0.25) is 0 Å². The van der Waals surface area contributed by atoms with E-state index in [1.165, 1.54) is 22.2 Å². The van der Waals surface area contributed by atoms with E-state index < -0.39 is 0 Å². The summed E-state index contributed by atoms with van der Waals surface area (Å²) in [4.78, 5) is 28.2. The topological polar surface area (TPSA) is 58.6 Å². The van der Waals surface area contributed by atoms with Crippen LogP contribution in [0.1, 0.15) is 38.7 Å². The number of aryl methyl sites for hydroxylation is 4. The first-order valence-corrected chi connectivity index (χ1v) is 10.9. The SMILES string of the molecule is Cc1nc(SCC(=O)c2c(C)[nH]c3ccccc23)c2c3c(sc2n1)CCC3. The molecule has 4 nitrogen and oxygen atoms in total. The summed E-state index contributed by atoms with van der Waals surface area (Å²) in [6.45, 7) is 3.90. The van der Waals surface area contributed by atoms with E-state index in [0.29, 0.717) is 5.75 Å². The number of ketones is 1. The van der Waals surface area contributed by atoms with Crippen LogP contribution in [0.15, 0.2) is 29.3 Å². The summed E-state index contributed by atoms with van der Waals surface area (Å²) < 4.78 is 0. The van der Waals surface area contributed by atoms with E-state index in [4.69, 9.17) is 0 Å². The number of para-hydroxylation sites is 1. The van der Waals surface area contributed by atoms with Crippen molar-refractivity contribution in [3.63, 3.8) is 0 Å². The third-order valence-electron chi connectivity index (χ3n) is 5.16. The summed E-state index contributed by atoms with van der Waals surface area (Å²) in [6.07, 6.45) is 3.46. The minimum Gasteiger partial charge on any atom is -0.358 e. The molecule has 1 aliphatic carbocycles. The molecule has 0 saturated carbocycles. The molecule has 5 rings (SSSR count). The summed E-state index contributed by atoms with van der Waals surface area (Å²) in [5, 5.41) is 3.15. The Kier molecular flexibility index (Phi) is 4.06. The molecule has 1 aliphatic rings. The van der Waals surface area contributed by atoms with Crippen molar-refractivity contribution in [1.82, 2.24) is 15.0 Å². The van der Waals surface area contributed by atoms with Crippen molar-refractivity contribution >= 4 is 50.0 Å². The number of hydrogen-bond acceptors (Lipinski definition) is 5. The van der Waals surface area contributed by atoms with Crippen molar-refractivity contribution in [1.29, 1.82) is 0 Å². The Balaban J connectivity index is 1.49. The van der Waals surface area contributed by atoms with Crippen LogP contribution >= 0.6 is 23.1 Å². The summed E-state index contributed by atoms with van der Waals surface area (Å²) in [5.74, 6) is 1.31. The first kappa shape index (κ1) is 17.0. The van der Waals surface area contributed by atoms with Gasteiger partial charge in [-0.15, -0.1) is 11.3 Å². The minimum atomic E-state index is 0.145. The average molecular weight is 394 g/mol. The van der Waals surface area contributed by atoms with Crippen LogP contribution in [0.5, 0.6) is 0 Å². The number of carbonyl (C=O) groups excluding carboxylic acids is 1. The fourth-order valence-electron chi connectivity index (χ4n) is 4.01. The van der Waals surface area contributed by atoms with E-state index in [-0.39, 0.29) is 5.78 Å². The zero-order valence-corrected chi connectivity index (χ0v) is 16.9. The number of rotatable bonds is 4. The summed E-state index contributed by atoms with van der Waals surface area (Å²) >= 11 is 3.35. The Morgan fingerprint density at radius 2 is 2.07 bits per heavy atom. The van der Waals surface area contributed by atoms with Crippen molar-refractivity contribution in [2.24, 2.45) is 0 Å². The number of hydrogen-bond donors (Lipinski definition) is 1. The predicted molar refractivity (Wildman–Crippen MR) is 112 cm³/mol. The Morgan fingerprint density at radius 3 is 2.96 bits per heavy atom. The lowest BCUT2D eigenvalue weighted by molar-refractivity contribution is 0.102. The van der Waals surface area contributed by atoms with Gasteiger partial charge in [-0.1, -0.05) is 30.0 Å². The van der Waals surface area contributed by atoms with Gasteiger partial charge in [-0.3, -0.25) is 4.79 Å². The van der Waals surface area contributed by atoms with Crippen LogP contribution in [0, 0.1) is 13.8 Å². The minimum absolute atomic E-state index is 0.145. The zero-order chi connectivity index (χ0) is 18.5. The predicted octanol–water partition coefficient (Wildman–Crippen LogP) is 5.25. The average Bonchev–Trinajstić information content (AvgIpc) is 3.30. The van der Waals surface area contributed by atoms with Crippen molar-refractivity contribution in [2.75, 3.05) is 5.75 Å². The number of nitrogens with zero attached hydrogens (tertiary/aromatic N) is 2. The lowest BCUT2D eigenvalue weighted by Gasteiger charge is -2.06. The number of benzene rings is 1. The van der Waals surface area contributed by atoms with Gasteiger partial charge in [0.15, 0.2) is 5.78 Å². The molecule has 0 radical (unpaired) electrons. The third kappa shape index (κ3) is 2.78. The maximum Gasteiger partial charge on any atom is 0.175 e. The quantitative estimate of drug-likeness (QED) is 0.292. The molecule has 6 heteroatoms. The maximum absolute atomic E-state index is 13.0. The van der Waals surface area contributed by atoms with E-state index in [0.717, 1.165) is 50.7 Å². The van der Waals surface area contributed by atoms with Crippen LogP contribution in [0.25, 0.3) is 21.1 Å². The lowest BCUT2D eigenvalue weighted by atomic mass is 10.1. The first-order chi connectivity index (χ1) is 13.1. The van der Waals surface area contributed by atoms with Gasteiger partial charge in [-0.25, -0.2) is 9.97 Å². The number of H-pyrrole nitrogens is 1. The molecule has 3 heterocycles. The van der Waals surface area contributed by atoms with Gasteiger partial charge in [0, 0.05) is 32.4 Å².